The van der Waals surface area contributed by atoms with Gasteiger partial charge in [0, 0.05) is 13.1 Å². The van der Waals surface area contributed by atoms with E-state index in [1.54, 1.807) is 0 Å². The summed E-state index contributed by atoms with van der Waals surface area (Å²) < 4.78 is 0. The molecule has 234 valence electrons. The number of unbranched alkanes of at least 4 members (excludes halogenated alkanes) is 1. The highest BCUT2D eigenvalue weighted by Crippen LogP contribution is 2.20. The third-order valence-electron chi connectivity index (χ3n) is 6.77. The summed E-state index contributed by atoms with van der Waals surface area (Å²) in [5.41, 5.74) is 22.3. The van der Waals surface area contributed by atoms with Crippen molar-refractivity contribution in [3.05, 3.63) is 0 Å². The molecular formula is C26H49N9O6. The van der Waals surface area contributed by atoms with Gasteiger partial charge in [0.05, 0.1) is 6.04 Å². The molecule has 0 bridgehead atoms. The van der Waals surface area contributed by atoms with Crippen molar-refractivity contribution in [2.75, 3.05) is 19.6 Å². The van der Waals surface area contributed by atoms with Gasteiger partial charge in [0.15, 0.2) is 5.96 Å². The molecule has 1 heterocycles. The van der Waals surface area contributed by atoms with Gasteiger partial charge in [-0.2, -0.15) is 0 Å². The Morgan fingerprint density at radius 3 is 2.15 bits per heavy atom. The van der Waals surface area contributed by atoms with Gasteiger partial charge in [0.2, 0.25) is 23.6 Å². The van der Waals surface area contributed by atoms with Crippen LogP contribution in [-0.4, -0.2) is 95.4 Å². The Balaban J connectivity index is 2.94. The summed E-state index contributed by atoms with van der Waals surface area (Å²) in [6, 6.07) is -4.81. The number of rotatable bonds is 18. The van der Waals surface area contributed by atoms with E-state index in [1.807, 2.05) is 13.8 Å². The molecule has 12 N–H and O–H groups in total. The number of carbonyl (C=O) groups is 5. The molecule has 41 heavy (non-hydrogen) atoms. The number of nitrogens with two attached hydrogens (primary N) is 4. The lowest BCUT2D eigenvalue weighted by Gasteiger charge is -2.28. The molecule has 0 aliphatic carbocycles. The first-order chi connectivity index (χ1) is 19.3. The molecule has 1 rings (SSSR count). The van der Waals surface area contributed by atoms with Crippen LogP contribution in [0.25, 0.3) is 0 Å². The number of carboxylic acids is 1. The minimum Gasteiger partial charge on any atom is -0.480 e. The van der Waals surface area contributed by atoms with Crippen molar-refractivity contribution in [2.45, 2.75) is 102 Å². The predicted octanol–water partition coefficient (Wildman–Crippen LogP) is -1.91. The van der Waals surface area contributed by atoms with E-state index in [-0.39, 0.29) is 37.8 Å². The van der Waals surface area contributed by atoms with Crippen LogP contribution in [0.15, 0.2) is 4.99 Å². The minimum absolute atomic E-state index is 0.0987. The van der Waals surface area contributed by atoms with Crippen molar-refractivity contribution in [1.82, 2.24) is 20.9 Å². The van der Waals surface area contributed by atoms with E-state index in [9.17, 15) is 29.1 Å². The van der Waals surface area contributed by atoms with Crippen molar-refractivity contribution in [2.24, 2.45) is 33.8 Å². The van der Waals surface area contributed by atoms with Crippen molar-refractivity contribution >= 4 is 35.6 Å². The first-order valence-corrected chi connectivity index (χ1v) is 14.2. The Morgan fingerprint density at radius 1 is 0.927 bits per heavy atom. The number of amides is 4. The summed E-state index contributed by atoms with van der Waals surface area (Å²) in [6.07, 6.45) is 3.30. The number of nitrogens with zero attached hydrogens (tertiary/aromatic N) is 2. The van der Waals surface area contributed by atoms with Crippen molar-refractivity contribution < 1.29 is 29.1 Å². The van der Waals surface area contributed by atoms with E-state index >= 15 is 0 Å². The molecule has 4 amide bonds. The molecule has 1 fully saturated rings. The Labute approximate surface area is 241 Å². The van der Waals surface area contributed by atoms with E-state index in [1.165, 1.54) is 11.8 Å². The molecule has 5 atom stereocenters. The molecule has 0 unspecified atom stereocenters. The van der Waals surface area contributed by atoms with Gasteiger partial charge in [-0.3, -0.25) is 24.2 Å². The van der Waals surface area contributed by atoms with Crippen molar-refractivity contribution in [1.29, 1.82) is 0 Å². The lowest BCUT2D eigenvalue weighted by atomic mass is 10.0. The fourth-order valence-corrected chi connectivity index (χ4v) is 4.58. The molecule has 1 aliphatic heterocycles. The predicted molar refractivity (Wildman–Crippen MR) is 154 cm³/mol. The van der Waals surface area contributed by atoms with E-state index in [0.717, 1.165) is 0 Å². The van der Waals surface area contributed by atoms with Crippen LogP contribution in [0.1, 0.15) is 72.1 Å². The number of guanidine groups is 1. The summed E-state index contributed by atoms with van der Waals surface area (Å²) in [5.74, 6) is -3.25. The largest absolute Gasteiger partial charge is 0.480 e. The first-order valence-electron chi connectivity index (χ1n) is 14.2. The van der Waals surface area contributed by atoms with Crippen LogP contribution in [0.5, 0.6) is 0 Å². The van der Waals surface area contributed by atoms with Gasteiger partial charge in [-0.15, -0.1) is 0 Å². The van der Waals surface area contributed by atoms with Gasteiger partial charge in [0.25, 0.3) is 0 Å². The number of hydrogen-bond donors (Lipinski definition) is 8. The Kier molecular flexibility index (Phi) is 15.7. The maximum absolute atomic E-state index is 13.2. The maximum atomic E-state index is 13.2. The summed E-state index contributed by atoms with van der Waals surface area (Å²) >= 11 is 0. The lowest BCUT2D eigenvalue weighted by molar-refractivity contribution is -0.149. The zero-order chi connectivity index (χ0) is 31.1. The fraction of sp³-hybridized carbons (Fsp3) is 0.769. The first kappa shape index (κ1) is 35.6. The molecule has 0 spiro atoms. The molecule has 0 aromatic heterocycles. The number of hydrogen-bond acceptors (Lipinski definition) is 8. The molecule has 1 saturated heterocycles. The number of aliphatic carboxylic acids is 1. The highest BCUT2D eigenvalue weighted by atomic mass is 16.4. The Morgan fingerprint density at radius 2 is 1.56 bits per heavy atom. The van der Waals surface area contributed by atoms with E-state index in [2.05, 4.69) is 20.9 Å². The average Bonchev–Trinajstić information content (AvgIpc) is 3.39. The Hall–Kier alpha value is -3.46. The molecule has 15 heteroatoms. The van der Waals surface area contributed by atoms with Crippen LogP contribution in [0.2, 0.25) is 0 Å². The van der Waals surface area contributed by atoms with E-state index in [0.29, 0.717) is 45.1 Å². The number of carbonyl (C=O) groups excluding carboxylic acids is 4. The SMILES string of the molecule is CC(C)C[C@@H](N)C(=O)N[C@@H](CCCN=C(N)N)C(=O)N[C@@H](C)C(=O)N[C@@H](CCCCN)C(=O)N1CCC[C@H]1C(=O)O. The molecule has 0 aromatic rings. The topological polar surface area (TPSA) is 261 Å². The highest BCUT2D eigenvalue weighted by molar-refractivity contribution is 5.95. The molecule has 15 nitrogen and oxygen atoms in total. The van der Waals surface area contributed by atoms with Gasteiger partial charge in [-0.05, 0) is 70.8 Å². The van der Waals surface area contributed by atoms with Crippen LogP contribution in [0, 0.1) is 5.92 Å². The summed E-state index contributed by atoms with van der Waals surface area (Å²) in [4.78, 5) is 68.9. The van der Waals surface area contributed by atoms with Gasteiger partial charge < -0.3 is 48.9 Å². The number of nitrogens with one attached hydrogen (secondary N) is 3. The molecular weight excluding hydrogens is 534 g/mol. The second kappa shape index (κ2) is 18.1. The molecule has 1 aliphatic rings. The number of carboxylic acid groups (broad SMARTS) is 1. The van der Waals surface area contributed by atoms with Crippen LogP contribution in [0.3, 0.4) is 0 Å². The monoisotopic (exact) mass is 583 g/mol. The second-order valence-electron chi connectivity index (χ2n) is 10.8. The van der Waals surface area contributed by atoms with Crippen LogP contribution in [-0.2, 0) is 24.0 Å². The van der Waals surface area contributed by atoms with E-state index in [4.69, 9.17) is 22.9 Å². The third-order valence-corrected chi connectivity index (χ3v) is 6.77. The second-order valence-corrected chi connectivity index (χ2v) is 10.8. The van der Waals surface area contributed by atoms with Crippen molar-refractivity contribution in [3.8, 4) is 0 Å². The Bertz CT molecular complexity index is 925. The van der Waals surface area contributed by atoms with Crippen LogP contribution >= 0.6 is 0 Å². The van der Waals surface area contributed by atoms with Gasteiger partial charge in [0.1, 0.15) is 24.2 Å². The molecule has 0 radical (unpaired) electrons. The van der Waals surface area contributed by atoms with Crippen LogP contribution < -0.4 is 38.9 Å². The summed E-state index contributed by atoms with van der Waals surface area (Å²) in [6.45, 7) is 6.22. The van der Waals surface area contributed by atoms with Gasteiger partial charge in [-0.25, -0.2) is 4.79 Å². The fourth-order valence-electron chi connectivity index (χ4n) is 4.58. The third kappa shape index (κ3) is 12.7. The molecule has 0 saturated carbocycles. The zero-order valence-electron chi connectivity index (χ0n) is 24.4. The average molecular weight is 584 g/mol. The standard InChI is InChI=1S/C26H49N9O6/c1-15(2)14-17(28)22(37)33-18(9-6-12-31-26(29)30)23(38)32-16(3)21(36)34-19(8-4-5-11-27)24(39)35-13-7-10-20(35)25(40)41/h15-20H,4-14,27-28H2,1-3H3,(H,32,38)(H,33,37)(H,34,36)(H,40,41)(H4,29,30,31)/t16-,17+,18-,19-,20-/m0/s1. The van der Waals surface area contributed by atoms with Gasteiger partial charge in [-0.1, -0.05) is 13.8 Å². The highest BCUT2D eigenvalue weighted by Gasteiger charge is 2.38. The minimum atomic E-state index is -1.09. The zero-order valence-corrected chi connectivity index (χ0v) is 24.4. The number of likely N-dealkylation sites (tertiary alicyclic amines) is 1. The van der Waals surface area contributed by atoms with Crippen molar-refractivity contribution in [3.63, 3.8) is 0 Å². The van der Waals surface area contributed by atoms with Gasteiger partial charge >= 0.3 is 5.97 Å². The van der Waals surface area contributed by atoms with E-state index < -0.39 is 59.8 Å². The summed E-state index contributed by atoms with van der Waals surface area (Å²) in [7, 11) is 0. The summed E-state index contributed by atoms with van der Waals surface area (Å²) in [5, 5.41) is 17.4. The quantitative estimate of drug-likeness (QED) is 0.0504. The van der Waals surface area contributed by atoms with Crippen LogP contribution in [0.4, 0.5) is 0 Å². The normalized spacial score (nSPS) is 17.7. The maximum Gasteiger partial charge on any atom is 0.326 e. The number of aliphatic imine (C=N–C) groups is 1. The molecule has 0 aromatic carbocycles. The smallest absolute Gasteiger partial charge is 0.326 e. The lowest BCUT2D eigenvalue weighted by Crippen LogP contribution is -2.57.